The first-order chi connectivity index (χ1) is 9.29. The molecule has 1 aromatic carbocycles. The molecule has 0 aliphatic carbocycles. The molecule has 0 saturated carbocycles. The molecule has 4 nitrogen and oxygen atoms in total. The summed E-state index contributed by atoms with van der Waals surface area (Å²) in [6, 6.07) is 7.12. The Morgan fingerprint density at radius 3 is 3.11 bits per heavy atom. The van der Waals surface area contributed by atoms with Crippen LogP contribution in [0, 0.1) is 5.92 Å². The van der Waals surface area contributed by atoms with Crippen molar-refractivity contribution in [2.75, 3.05) is 26.8 Å². The lowest BCUT2D eigenvalue weighted by Gasteiger charge is -2.10. The highest BCUT2D eigenvalue weighted by Crippen LogP contribution is 2.17. The molecule has 0 bridgehead atoms. The maximum Gasteiger partial charge on any atom is 0.337 e. The van der Waals surface area contributed by atoms with Crippen LogP contribution >= 0.6 is 0 Å². The summed E-state index contributed by atoms with van der Waals surface area (Å²) in [7, 11) is 1.38. The van der Waals surface area contributed by atoms with Crippen LogP contribution in [0.3, 0.4) is 0 Å². The molecule has 1 aliphatic rings. The Labute approximate surface area is 114 Å². The number of benzene rings is 1. The number of rotatable bonds is 6. The molecule has 0 radical (unpaired) electrons. The molecule has 1 saturated heterocycles. The molecule has 1 N–H and O–H groups in total. The summed E-state index contributed by atoms with van der Waals surface area (Å²) >= 11 is 0. The summed E-state index contributed by atoms with van der Waals surface area (Å²) in [6.07, 6.45) is 3.52. The highest BCUT2D eigenvalue weighted by molar-refractivity contribution is 5.89. The maximum absolute atomic E-state index is 11.4. The molecule has 0 amide bonds. The summed E-state index contributed by atoms with van der Waals surface area (Å²) in [5.41, 5.74) is 0.528. The number of carbonyl (C=O) groups excluding carboxylic acids is 1. The van der Waals surface area contributed by atoms with Gasteiger partial charge in [-0.05, 0) is 56.5 Å². The van der Waals surface area contributed by atoms with Crippen LogP contribution in [0.4, 0.5) is 0 Å². The number of carbonyl (C=O) groups is 1. The van der Waals surface area contributed by atoms with Crippen LogP contribution in [0.2, 0.25) is 0 Å². The molecular formula is C15H21NO3. The van der Waals surface area contributed by atoms with Crippen LogP contribution in [0.15, 0.2) is 24.3 Å². The number of nitrogens with one attached hydrogen (secondary N) is 1. The van der Waals surface area contributed by atoms with Gasteiger partial charge in [0.15, 0.2) is 0 Å². The molecule has 1 aliphatic heterocycles. The first-order valence-electron chi connectivity index (χ1n) is 6.81. The Bertz CT molecular complexity index is 414. The van der Waals surface area contributed by atoms with Crippen LogP contribution in [-0.2, 0) is 4.74 Å². The quantitative estimate of drug-likeness (QED) is 0.631. The van der Waals surface area contributed by atoms with E-state index < -0.39 is 0 Å². The third kappa shape index (κ3) is 4.24. The lowest BCUT2D eigenvalue weighted by Crippen LogP contribution is -2.10. The van der Waals surface area contributed by atoms with E-state index in [-0.39, 0.29) is 5.97 Å². The number of esters is 1. The molecule has 1 aromatic rings. The van der Waals surface area contributed by atoms with Gasteiger partial charge in [-0.1, -0.05) is 6.07 Å². The summed E-state index contributed by atoms with van der Waals surface area (Å²) in [6.45, 7) is 2.98. The second kappa shape index (κ2) is 7.14. The van der Waals surface area contributed by atoms with Crippen molar-refractivity contribution in [3.8, 4) is 5.75 Å². The number of hydrogen-bond donors (Lipinski definition) is 1. The van der Waals surface area contributed by atoms with Crippen molar-refractivity contribution in [1.82, 2.24) is 5.32 Å². The summed E-state index contributed by atoms with van der Waals surface area (Å²) < 4.78 is 10.4. The third-order valence-corrected chi connectivity index (χ3v) is 3.44. The predicted molar refractivity (Wildman–Crippen MR) is 73.5 cm³/mol. The molecule has 19 heavy (non-hydrogen) atoms. The van der Waals surface area contributed by atoms with Gasteiger partial charge < -0.3 is 14.8 Å². The average molecular weight is 263 g/mol. The van der Waals surface area contributed by atoms with Crippen LogP contribution in [0.1, 0.15) is 29.6 Å². The zero-order valence-electron chi connectivity index (χ0n) is 11.4. The fourth-order valence-electron chi connectivity index (χ4n) is 2.35. The van der Waals surface area contributed by atoms with Gasteiger partial charge in [0.25, 0.3) is 0 Å². The van der Waals surface area contributed by atoms with E-state index in [1.165, 1.54) is 20.0 Å². The zero-order chi connectivity index (χ0) is 13.5. The van der Waals surface area contributed by atoms with Gasteiger partial charge in [0, 0.05) is 0 Å². The topological polar surface area (TPSA) is 47.6 Å². The van der Waals surface area contributed by atoms with E-state index in [0.29, 0.717) is 12.2 Å². The fourth-order valence-corrected chi connectivity index (χ4v) is 2.35. The predicted octanol–water partition coefficient (Wildman–Crippen LogP) is 2.24. The van der Waals surface area contributed by atoms with Crippen LogP contribution in [0.5, 0.6) is 5.75 Å². The van der Waals surface area contributed by atoms with Gasteiger partial charge in [-0.15, -0.1) is 0 Å². The Kier molecular flexibility index (Phi) is 5.21. The molecule has 4 heteroatoms. The Hall–Kier alpha value is -1.55. The molecule has 2 rings (SSSR count). The van der Waals surface area contributed by atoms with Crippen LogP contribution < -0.4 is 10.1 Å². The molecular weight excluding hydrogens is 242 g/mol. The van der Waals surface area contributed by atoms with Crippen molar-refractivity contribution in [2.45, 2.75) is 19.3 Å². The molecule has 0 aromatic heterocycles. The molecule has 1 fully saturated rings. The van der Waals surface area contributed by atoms with E-state index in [1.54, 1.807) is 12.1 Å². The van der Waals surface area contributed by atoms with E-state index in [9.17, 15) is 4.79 Å². The normalized spacial score (nSPS) is 18.3. The van der Waals surface area contributed by atoms with Crippen molar-refractivity contribution >= 4 is 5.97 Å². The minimum Gasteiger partial charge on any atom is -0.494 e. The van der Waals surface area contributed by atoms with E-state index in [1.807, 2.05) is 12.1 Å². The van der Waals surface area contributed by atoms with Crippen molar-refractivity contribution in [3.05, 3.63) is 29.8 Å². The lowest BCUT2D eigenvalue weighted by atomic mass is 10.0. The second-order valence-corrected chi connectivity index (χ2v) is 4.87. The van der Waals surface area contributed by atoms with Gasteiger partial charge in [0.1, 0.15) is 5.75 Å². The van der Waals surface area contributed by atoms with E-state index in [0.717, 1.165) is 31.2 Å². The number of hydrogen-bond acceptors (Lipinski definition) is 4. The lowest BCUT2D eigenvalue weighted by molar-refractivity contribution is 0.0600. The van der Waals surface area contributed by atoms with Gasteiger partial charge in [-0.3, -0.25) is 0 Å². The SMILES string of the molecule is COC(=O)c1cccc(OCCCC2CCNC2)c1. The van der Waals surface area contributed by atoms with Gasteiger partial charge in [0.2, 0.25) is 0 Å². The van der Waals surface area contributed by atoms with E-state index >= 15 is 0 Å². The van der Waals surface area contributed by atoms with Crippen LogP contribution in [0.25, 0.3) is 0 Å². The average Bonchev–Trinajstić information content (AvgIpc) is 2.96. The maximum atomic E-state index is 11.4. The molecule has 1 atom stereocenters. The minimum absolute atomic E-state index is 0.331. The summed E-state index contributed by atoms with van der Waals surface area (Å²) in [5, 5.41) is 3.37. The zero-order valence-corrected chi connectivity index (χ0v) is 11.4. The Morgan fingerprint density at radius 2 is 2.37 bits per heavy atom. The highest BCUT2D eigenvalue weighted by Gasteiger charge is 2.13. The summed E-state index contributed by atoms with van der Waals surface area (Å²) in [4.78, 5) is 11.4. The van der Waals surface area contributed by atoms with Gasteiger partial charge >= 0.3 is 5.97 Å². The van der Waals surface area contributed by atoms with Crippen LogP contribution in [-0.4, -0.2) is 32.8 Å². The smallest absolute Gasteiger partial charge is 0.337 e. The van der Waals surface area contributed by atoms with Crippen molar-refractivity contribution in [1.29, 1.82) is 0 Å². The molecule has 1 heterocycles. The molecule has 104 valence electrons. The standard InChI is InChI=1S/C15H21NO3/c1-18-15(17)13-5-2-6-14(10-13)19-9-3-4-12-7-8-16-11-12/h2,5-6,10,12,16H,3-4,7-9,11H2,1H3. The number of methoxy groups -OCH3 is 1. The summed E-state index contributed by atoms with van der Waals surface area (Å²) in [5.74, 6) is 1.19. The van der Waals surface area contributed by atoms with E-state index in [4.69, 9.17) is 4.74 Å². The number of ether oxygens (including phenoxy) is 2. The van der Waals surface area contributed by atoms with Crippen molar-refractivity contribution in [2.24, 2.45) is 5.92 Å². The van der Waals surface area contributed by atoms with Crippen molar-refractivity contribution < 1.29 is 14.3 Å². The second-order valence-electron chi connectivity index (χ2n) is 4.87. The van der Waals surface area contributed by atoms with Gasteiger partial charge in [-0.2, -0.15) is 0 Å². The molecule has 0 spiro atoms. The first-order valence-corrected chi connectivity index (χ1v) is 6.81. The molecule has 1 unspecified atom stereocenters. The van der Waals surface area contributed by atoms with E-state index in [2.05, 4.69) is 10.1 Å². The Balaban J connectivity index is 1.74. The Morgan fingerprint density at radius 1 is 1.47 bits per heavy atom. The van der Waals surface area contributed by atoms with Crippen molar-refractivity contribution in [3.63, 3.8) is 0 Å². The van der Waals surface area contributed by atoms with Gasteiger partial charge in [-0.25, -0.2) is 4.79 Å². The minimum atomic E-state index is -0.331. The largest absolute Gasteiger partial charge is 0.494 e. The fraction of sp³-hybridized carbons (Fsp3) is 0.533. The highest BCUT2D eigenvalue weighted by atomic mass is 16.5. The monoisotopic (exact) mass is 263 g/mol. The third-order valence-electron chi connectivity index (χ3n) is 3.44. The first kappa shape index (κ1) is 13.9. The van der Waals surface area contributed by atoms with Gasteiger partial charge in [0.05, 0.1) is 19.3 Å².